The molecule has 2 N–H and O–H groups in total. The van der Waals surface area contributed by atoms with Crippen LogP contribution in [-0.4, -0.2) is 44.5 Å². The molecule has 0 aromatic heterocycles. The minimum absolute atomic E-state index is 0. The highest BCUT2D eigenvalue weighted by atomic mass is 35.5. The zero-order chi connectivity index (χ0) is 15.9. The molecular formula is C18H30ClN3O. The first-order valence-electron chi connectivity index (χ1n) is 8.35. The number of carbonyl (C=O) groups is 1. The topological polar surface area (TPSA) is 44.4 Å². The van der Waals surface area contributed by atoms with Gasteiger partial charge >= 0.3 is 0 Å². The molecule has 2 rings (SSSR count). The lowest BCUT2D eigenvalue weighted by Gasteiger charge is -2.27. The summed E-state index contributed by atoms with van der Waals surface area (Å²) in [6, 6.07) is 8.94. The summed E-state index contributed by atoms with van der Waals surface area (Å²) in [6.45, 7) is 4.74. The van der Waals surface area contributed by atoms with Crippen LogP contribution < -0.4 is 10.6 Å². The molecule has 1 atom stereocenters. The molecule has 0 radical (unpaired) electrons. The van der Waals surface area contributed by atoms with Crippen molar-refractivity contribution in [1.29, 1.82) is 0 Å². The normalized spacial score (nSPS) is 16.7. The van der Waals surface area contributed by atoms with Gasteiger partial charge in [0.15, 0.2) is 0 Å². The van der Waals surface area contributed by atoms with Crippen LogP contribution in [0.25, 0.3) is 0 Å². The van der Waals surface area contributed by atoms with E-state index in [4.69, 9.17) is 0 Å². The summed E-state index contributed by atoms with van der Waals surface area (Å²) in [5, 5.41) is 6.45. The maximum atomic E-state index is 12.3. The molecule has 1 aromatic rings. The summed E-state index contributed by atoms with van der Waals surface area (Å²) in [5.74, 6) is 0.380. The van der Waals surface area contributed by atoms with Gasteiger partial charge in [0.25, 0.3) is 0 Å². The van der Waals surface area contributed by atoms with E-state index in [-0.39, 0.29) is 30.3 Å². The highest BCUT2D eigenvalue weighted by Gasteiger charge is 2.22. The van der Waals surface area contributed by atoms with Crippen LogP contribution in [0.15, 0.2) is 24.3 Å². The molecule has 1 saturated heterocycles. The lowest BCUT2D eigenvalue weighted by molar-refractivity contribution is -0.125. The molecule has 1 aromatic carbocycles. The number of halogens is 1. The van der Waals surface area contributed by atoms with Gasteiger partial charge in [-0.05, 0) is 57.6 Å². The number of hydrogen-bond donors (Lipinski definition) is 2. The summed E-state index contributed by atoms with van der Waals surface area (Å²) in [7, 11) is 4.13. The van der Waals surface area contributed by atoms with Crippen LogP contribution in [0.2, 0.25) is 0 Å². The summed E-state index contributed by atoms with van der Waals surface area (Å²) >= 11 is 0. The number of hydrogen-bond acceptors (Lipinski definition) is 3. The van der Waals surface area contributed by atoms with Gasteiger partial charge in [0, 0.05) is 12.5 Å². The maximum Gasteiger partial charge on any atom is 0.223 e. The fourth-order valence-electron chi connectivity index (χ4n) is 3.00. The van der Waals surface area contributed by atoms with Crippen molar-refractivity contribution in [3.63, 3.8) is 0 Å². The van der Waals surface area contributed by atoms with Crippen molar-refractivity contribution in [2.75, 3.05) is 33.7 Å². The van der Waals surface area contributed by atoms with E-state index in [1.165, 1.54) is 11.1 Å². The van der Waals surface area contributed by atoms with Crippen LogP contribution in [0.5, 0.6) is 0 Å². The smallest absolute Gasteiger partial charge is 0.223 e. The average molecular weight is 340 g/mol. The molecule has 1 aliphatic rings. The Morgan fingerprint density at radius 2 is 1.87 bits per heavy atom. The second kappa shape index (κ2) is 9.91. The second-order valence-electron chi connectivity index (χ2n) is 6.34. The molecular weight excluding hydrogens is 310 g/mol. The van der Waals surface area contributed by atoms with E-state index in [0.29, 0.717) is 6.54 Å². The van der Waals surface area contributed by atoms with Gasteiger partial charge in [-0.25, -0.2) is 0 Å². The number of amides is 1. The minimum Gasteiger partial charge on any atom is -0.354 e. The first kappa shape index (κ1) is 19.9. The fraction of sp³-hybridized carbons (Fsp3) is 0.611. The van der Waals surface area contributed by atoms with Crippen LogP contribution >= 0.6 is 12.4 Å². The number of nitrogens with zero attached hydrogens (tertiary/aromatic N) is 1. The number of carbonyl (C=O) groups excluding carboxylic acids is 1. The lowest BCUT2D eigenvalue weighted by Crippen LogP contribution is -2.41. The van der Waals surface area contributed by atoms with E-state index in [2.05, 4.69) is 60.8 Å². The van der Waals surface area contributed by atoms with E-state index in [1.807, 2.05) is 0 Å². The van der Waals surface area contributed by atoms with Gasteiger partial charge in [-0.2, -0.15) is 0 Å². The summed E-state index contributed by atoms with van der Waals surface area (Å²) in [4.78, 5) is 14.5. The third-order valence-electron chi connectivity index (χ3n) is 4.58. The van der Waals surface area contributed by atoms with Crippen molar-refractivity contribution >= 4 is 18.3 Å². The van der Waals surface area contributed by atoms with Crippen molar-refractivity contribution in [1.82, 2.24) is 15.5 Å². The number of aryl methyl sites for hydroxylation is 1. The van der Waals surface area contributed by atoms with Crippen molar-refractivity contribution in [2.24, 2.45) is 5.92 Å². The van der Waals surface area contributed by atoms with E-state index in [9.17, 15) is 4.79 Å². The van der Waals surface area contributed by atoms with E-state index >= 15 is 0 Å². The van der Waals surface area contributed by atoms with Crippen molar-refractivity contribution in [2.45, 2.75) is 32.2 Å². The number of benzene rings is 1. The molecule has 1 unspecified atom stereocenters. The molecule has 1 fully saturated rings. The Morgan fingerprint density at radius 3 is 2.39 bits per heavy atom. The Hall–Kier alpha value is -1.10. The molecule has 5 heteroatoms. The largest absolute Gasteiger partial charge is 0.354 e. The highest BCUT2D eigenvalue weighted by molar-refractivity contribution is 5.85. The van der Waals surface area contributed by atoms with E-state index in [1.54, 1.807) is 0 Å². The zero-order valence-corrected chi connectivity index (χ0v) is 15.3. The molecule has 1 amide bonds. The SMILES string of the molecule is CCc1ccc(C(CNC(=O)C2CCNCC2)N(C)C)cc1.Cl. The van der Waals surface area contributed by atoms with Gasteiger partial charge in [-0.3, -0.25) is 4.79 Å². The number of rotatable bonds is 6. The molecule has 130 valence electrons. The summed E-state index contributed by atoms with van der Waals surface area (Å²) in [6.07, 6.45) is 2.95. The summed E-state index contributed by atoms with van der Waals surface area (Å²) < 4.78 is 0. The van der Waals surface area contributed by atoms with E-state index in [0.717, 1.165) is 32.4 Å². The van der Waals surface area contributed by atoms with Crippen LogP contribution in [-0.2, 0) is 11.2 Å². The Balaban J connectivity index is 0.00000264. The molecule has 1 aliphatic heterocycles. The van der Waals surface area contributed by atoms with Crippen molar-refractivity contribution < 1.29 is 4.79 Å². The molecule has 0 saturated carbocycles. The second-order valence-corrected chi connectivity index (χ2v) is 6.34. The predicted octanol–water partition coefficient (Wildman–Crippen LogP) is 2.39. The van der Waals surface area contributed by atoms with Crippen LogP contribution in [0, 0.1) is 5.92 Å². The predicted molar refractivity (Wildman–Crippen MR) is 98.1 cm³/mol. The monoisotopic (exact) mass is 339 g/mol. The Labute approximate surface area is 146 Å². The van der Waals surface area contributed by atoms with Gasteiger partial charge in [0.1, 0.15) is 0 Å². The number of likely N-dealkylation sites (N-methyl/N-ethyl adjacent to an activating group) is 1. The Kier molecular flexibility index (Phi) is 8.59. The average Bonchev–Trinajstić information content (AvgIpc) is 2.56. The van der Waals surface area contributed by atoms with Gasteiger partial charge in [-0.15, -0.1) is 12.4 Å². The van der Waals surface area contributed by atoms with Crippen LogP contribution in [0.1, 0.15) is 36.9 Å². The standard InChI is InChI=1S/C18H29N3O.ClH/c1-4-14-5-7-15(8-6-14)17(21(2)3)13-20-18(22)16-9-11-19-12-10-16;/h5-8,16-17,19H,4,9-13H2,1-3H3,(H,20,22);1H. The van der Waals surface area contributed by atoms with Crippen molar-refractivity contribution in [3.05, 3.63) is 35.4 Å². The first-order valence-corrected chi connectivity index (χ1v) is 8.35. The zero-order valence-electron chi connectivity index (χ0n) is 14.5. The van der Waals surface area contributed by atoms with Gasteiger partial charge in [0.05, 0.1) is 6.04 Å². The minimum atomic E-state index is 0. The molecule has 0 aliphatic carbocycles. The van der Waals surface area contributed by atoms with Crippen LogP contribution in [0.3, 0.4) is 0 Å². The lowest BCUT2D eigenvalue weighted by atomic mass is 9.97. The van der Waals surface area contributed by atoms with Crippen LogP contribution in [0.4, 0.5) is 0 Å². The molecule has 23 heavy (non-hydrogen) atoms. The Bertz CT molecular complexity index is 470. The van der Waals surface area contributed by atoms with Crippen molar-refractivity contribution in [3.8, 4) is 0 Å². The van der Waals surface area contributed by atoms with Gasteiger partial charge < -0.3 is 15.5 Å². The highest BCUT2D eigenvalue weighted by Crippen LogP contribution is 2.19. The third kappa shape index (κ3) is 5.79. The van der Waals surface area contributed by atoms with Gasteiger partial charge in [-0.1, -0.05) is 31.2 Å². The maximum absolute atomic E-state index is 12.3. The molecule has 0 spiro atoms. The summed E-state index contributed by atoms with van der Waals surface area (Å²) in [5.41, 5.74) is 2.60. The Morgan fingerprint density at radius 1 is 1.26 bits per heavy atom. The number of nitrogens with one attached hydrogen (secondary N) is 2. The molecule has 4 nitrogen and oxygen atoms in total. The first-order chi connectivity index (χ1) is 10.6. The number of piperidine rings is 1. The van der Waals surface area contributed by atoms with E-state index < -0.39 is 0 Å². The fourth-order valence-corrected chi connectivity index (χ4v) is 3.00. The molecule has 0 bridgehead atoms. The van der Waals surface area contributed by atoms with Gasteiger partial charge in [0.2, 0.25) is 5.91 Å². The third-order valence-corrected chi connectivity index (χ3v) is 4.58. The quantitative estimate of drug-likeness (QED) is 0.836. The molecule has 1 heterocycles.